The van der Waals surface area contributed by atoms with E-state index in [0.29, 0.717) is 0 Å². The summed E-state index contributed by atoms with van der Waals surface area (Å²) in [5.74, 6) is 0.565. The third-order valence-electron chi connectivity index (χ3n) is 6.26. The van der Waals surface area contributed by atoms with Crippen LogP contribution < -0.4 is 13.7 Å². The van der Waals surface area contributed by atoms with E-state index in [0.717, 1.165) is 39.1 Å². The summed E-state index contributed by atoms with van der Waals surface area (Å²) in [7, 11) is -2.81. The van der Waals surface area contributed by atoms with Gasteiger partial charge in [0.15, 0.2) is 11.5 Å². The van der Waals surface area contributed by atoms with E-state index in [1.165, 1.54) is 25.3 Å². The Hall–Kier alpha value is -3.76. The molecule has 0 radical (unpaired) electrons. The highest BCUT2D eigenvalue weighted by molar-refractivity contribution is 8.18. The first-order chi connectivity index (χ1) is 19.0. The minimum absolute atomic E-state index is 0.0236. The normalized spacial score (nSPS) is 14.8. The summed E-state index contributed by atoms with van der Waals surface area (Å²) < 4.78 is 42.8. The molecule has 8 nitrogen and oxygen atoms in total. The van der Waals surface area contributed by atoms with Crippen LogP contribution in [-0.2, 0) is 14.9 Å². The maximum atomic E-state index is 13.2. The number of aryl methyl sites for hydroxylation is 2. The molecule has 2 amide bonds. The number of imide groups is 1. The van der Waals surface area contributed by atoms with Crippen LogP contribution in [0.4, 0.5) is 4.79 Å². The van der Waals surface area contributed by atoms with E-state index in [1.54, 1.807) is 30.3 Å². The Balaban J connectivity index is 1.54. The average Bonchev–Trinajstić information content (AvgIpc) is 3.17. The molecule has 3 aromatic carbocycles. The van der Waals surface area contributed by atoms with Gasteiger partial charge in [-0.3, -0.25) is 14.5 Å². The number of hydrogen-bond acceptors (Lipinski definition) is 8. The quantitative estimate of drug-likeness (QED) is 0.203. The number of para-hydroxylation sites is 1. The van der Waals surface area contributed by atoms with E-state index in [1.807, 2.05) is 32.0 Å². The van der Waals surface area contributed by atoms with Crippen LogP contribution in [0.5, 0.6) is 17.2 Å². The summed E-state index contributed by atoms with van der Waals surface area (Å²) in [6.07, 6.45) is 1.44. The van der Waals surface area contributed by atoms with E-state index in [-0.39, 0.29) is 45.9 Å². The highest BCUT2D eigenvalue weighted by Gasteiger charge is 2.35. The molecule has 0 atom stereocenters. The Labute approximate surface area is 239 Å². The molecule has 0 unspecified atom stereocenters. The fourth-order valence-corrected chi connectivity index (χ4v) is 5.90. The molecule has 3 aromatic rings. The molecule has 1 saturated heterocycles. The number of thioether (sulfide) groups is 1. The Morgan fingerprint density at radius 1 is 0.950 bits per heavy atom. The Morgan fingerprint density at radius 3 is 2.33 bits per heavy atom. The van der Waals surface area contributed by atoms with Gasteiger partial charge in [-0.2, -0.15) is 8.42 Å². The molecular formula is C30H31NO7S2. The largest absolute Gasteiger partial charge is 0.493 e. The van der Waals surface area contributed by atoms with Crippen molar-refractivity contribution in [3.8, 4) is 17.2 Å². The molecule has 0 saturated carbocycles. The number of methoxy groups -OCH3 is 1. The van der Waals surface area contributed by atoms with Crippen molar-refractivity contribution >= 4 is 39.1 Å². The lowest BCUT2D eigenvalue weighted by Crippen LogP contribution is -2.32. The predicted molar refractivity (Wildman–Crippen MR) is 155 cm³/mol. The first-order valence-corrected chi connectivity index (χ1v) is 14.9. The first kappa shape index (κ1) is 29.2. The predicted octanol–water partition coefficient (Wildman–Crippen LogP) is 6.32. The molecule has 0 aromatic heterocycles. The molecular weight excluding hydrogens is 550 g/mol. The van der Waals surface area contributed by atoms with E-state index in [4.69, 9.17) is 13.7 Å². The van der Waals surface area contributed by atoms with Crippen molar-refractivity contribution in [2.24, 2.45) is 0 Å². The number of nitrogens with zero attached hydrogens (tertiary/aromatic N) is 1. The topological polar surface area (TPSA) is 99.2 Å². The van der Waals surface area contributed by atoms with Crippen LogP contribution >= 0.6 is 11.8 Å². The zero-order valence-electron chi connectivity index (χ0n) is 23.0. The van der Waals surface area contributed by atoms with Gasteiger partial charge in [-0.1, -0.05) is 55.8 Å². The summed E-state index contributed by atoms with van der Waals surface area (Å²) >= 11 is 0.769. The average molecular weight is 582 g/mol. The van der Waals surface area contributed by atoms with Crippen molar-refractivity contribution in [3.05, 3.63) is 87.8 Å². The lowest BCUT2D eigenvalue weighted by Gasteiger charge is -2.17. The SMILES string of the molecule is COc1cccc(/C=C2\SC(=O)N(CCOc3cc(C)ccc3C(C)C)C2=O)c1OS(=O)(=O)c1ccc(C)cc1. The second-order valence-corrected chi connectivity index (χ2v) is 12.1. The second kappa shape index (κ2) is 12.2. The lowest BCUT2D eigenvalue weighted by molar-refractivity contribution is -0.123. The summed E-state index contributed by atoms with van der Waals surface area (Å²) in [5.41, 5.74) is 3.27. The Morgan fingerprint density at radius 2 is 1.65 bits per heavy atom. The minimum atomic E-state index is -4.20. The van der Waals surface area contributed by atoms with Crippen LogP contribution in [0.25, 0.3) is 6.08 Å². The molecule has 210 valence electrons. The Bertz CT molecular complexity index is 1560. The van der Waals surface area contributed by atoms with E-state index in [2.05, 4.69) is 13.8 Å². The fourth-order valence-electron chi connectivity index (χ4n) is 4.08. The van der Waals surface area contributed by atoms with Gasteiger partial charge >= 0.3 is 10.1 Å². The van der Waals surface area contributed by atoms with Crippen molar-refractivity contribution in [1.29, 1.82) is 0 Å². The molecule has 4 rings (SSSR count). The zero-order chi connectivity index (χ0) is 29.0. The van der Waals surface area contributed by atoms with Gasteiger partial charge in [-0.25, -0.2) is 0 Å². The van der Waals surface area contributed by atoms with Crippen molar-refractivity contribution in [1.82, 2.24) is 4.90 Å². The molecule has 1 aliphatic heterocycles. The van der Waals surface area contributed by atoms with Gasteiger partial charge < -0.3 is 13.7 Å². The fraction of sp³-hybridized carbons (Fsp3) is 0.267. The van der Waals surface area contributed by atoms with Crippen LogP contribution in [0.2, 0.25) is 0 Å². The van der Waals surface area contributed by atoms with E-state index >= 15 is 0 Å². The molecule has 1 aliphatic rings. The maximum Gasteiger partial charge on any atom is 0.339 e. The van der Waals surface area contributed by atoms with Gasteiger partial charge in [0.1, 0.15) is 17.3 Å². The van der Waals surface area contributed by atoms with Gasteiger partial charge in [0.2, 0.25) is 0 Å². The van der Waals surface area contributed by atoms with Crippen LogP contribution in [0.3, 0.4) is 0 Å². The number of amides is 2. The number of carbonyl (C=O) groups excluding carboxylic acids is 2. The second-order valence-electron chi connectivity index (χ2n) is 9.61. The highest BCUT2D eigenvalue weighted by Crippen LogP contribution is 2.38. The maximum absolute atomic E-state index is 13.2. The lowest BCUT2D eigenvalue weighted by atomic mass is 10.0. The van der Waals surface area contributed by atoms with Crippen molar-refractivity contribution in [2.45, 2.75) is 38.5 Å². The summed E-state index contributed by atoms with van der Waals surface area (Å²) in [6, 6.07) is 17.0. The zero-order valence-corrected chi connectivity index (χ0v) is 24.6. The number of ether oxygens (including phenoxy) is 2. The van der Waals surface area contributed by atoms with Gasteiger partial charge in [0.25, 0.3) is 11.1 Å². The van der Waals surface area contributed by atoms with E-state index in [9.17, 15) is 18.0 Å². The van der Waals surface area contributed by atoms with Crippen LogP contribution in [0.1, 0.15) is 42.0 Å². The monoisotopic (exact) mass is 581 g/mol. The number of rotatable bonds is 10. The summed E-state index contributed by atoms with van der Waals surface area (Å²) in [6.45, 7) is 8.16. The molecule has 0 N–H and O–H groups in total. The van der Waals surface area contributed by atoms with Gasteiger partial charge in [0.05, 0.1) is 18.6 Å². The molecule has 0 spiro atoms. The smallest absolute Gasteiger partial charge is 0.339 e. The van der Waals surface area contributed by atoms with Gasteiger partial charge in [0, 0.05) is 5.56 Å². The van der Waals surface area contributed by atoms with Crippen LogP contribution in [-0.4, -0.2) is 44.7 Å². The standard InChI is InChI=1S/C30H31NO7S2/c1-19(2)24-14-11-21(4)17-26(24)37-16-15-31-29(32)27(39-30(31)33)18-22-7-6-8-25(36-5)28(22)38-40(34,35)23-12-9-20(3)10-13-23/h6-14,17-19H,15-16H2,1-5H3/b27-18-. The summed E-state index contributed by atoms with van der Waals surface area (Å²) in [4.78, 5) is 27.1. The van der Waals surface area contributed by atoms with Gasteiger partial charge in [-0.05, 0) is 73.0 Å². The van der Waals surface area contributed by atoms with Crippen molar-refractivity contribution in [2.75, 3.05) is 20.3 Å². The third kappa shape index (κ3) is 6.51. The highest BCUT2D eigenvalue weighted by atomic mass is 32.2. The summed E-state index contributed by atoms with van der Waals surface area (Å²) in [5, 5.41) is -0.439. The number of hydrogen-bond donors (Lipinski definition) is 0. The molecule has 40 heavy (non-hydrogen) atoms. The van der Waals surface area contributed by atoms with Crippen LogP contribution in [0.15, 0.2) is 70.5 Å². The Kier molecular flexibility index (Phi) is 8.90. The molecule has 0 bridgehead atoms. The number of carbonyl (C=O) groups is 2. The molecule has 10 heteroatoms. The van der Waals surface area contributed by atoms with Crippen molar-refractivity contribution < 1.29 is 31.7 Å². The number of benzene rings is 3. The van der Waals surface area contributed by atoms with E-state index < -0.39 is 21.3 Å². The van der Waals surface area contributed by atoms with Gasteiger partial charge in [-0.15, -0.1) is 0 Å². The first-order valence-electron chi connectivity index (χ1n) is 12.7. The van der Waals surface area contributed by atoms with Crippen LogP contribution in [0, 0.1) is 13.8 Å². The molecule has 1 fully saturated rings. The molecule has 1 heterocycles. The molecule has 0 aliphatic carbocycles. The minimum Gasteiger partial charge on any atom is -0.493 e. The third-order valence-corrected chi connectivity index (χ3v) is 8.40. The van der Waals surface area contributed by atoms with Crippen molar-refractivity contribution in [3.63, 3.8) is 0 Å².